The summed E-state index contributed by atoms with van der Waals surface area (Å²) in [5.41, 5.74) is 1.04. The third-order valence-electron chi connectivity index (χ3n) is 2.86. The van der Waals surface area contributed by atoms with Gasteiger partial charge in [-0.05, 0) is 45.3 Å². The Morgan fingerprint density at radius 2 is 1.62 bits per heavy atom. The van der Waals surface area contributed by atoms with Gasteiger partial charge in [0, 0.05) is 0 Å². The Balaban J connectivity index is 2.41. The molecule has 16 heavy (non-hydrogen) atoms. The summed E-state index contributed by atoms with van der Waals surface area (Å²) in [7, 11) is 0. The SMILES string of the molecule is C=Cc1[c]c2cc3ccccc3cc2cc1. The van der Waals surface area contributed by atoms with Crippen LogP contribution in [0, 0.1) is 6.07 Å². The molecule has 0 aromatic heterocycles. The van der Waals surface area contributed by atoms with Gasteiger partial charge < -0.3 is 0 Å². The minimum absolute atomic E-state index is 1.04. The molecule has 0 unspecified atom stereocenters. The maximum atomic E-state index is 3.77. The van der Waals surface area contributed by atoms with Crippen LogP contribution in [0.25, 0.3) is 27.6 Å². The molecular weight excluding hydrogens is 192 g/mol. The van der Waals surface area contributed by atoms with Gasteiger partial charge in [-0.25, -0.2) is 0 Å². The zero-order chi connectivity index (χ0) is 11.0. The summed E-state index contributed by atoms with van der Waals surface area (Å²) in [6, 6.07) is 20.3. The number of fused-ring (bicyclic) bond motifs is 2. The van der Waals surface area contributed by atoms with Gasteiger partial charge in [0.15, 0.2) is 0 Å². The van der Waals surface area contributed by atoms with Crippen molar-refractivity contribution in [3.63, 3.8) is 0 Å². The summed E-state index contributed by atoms with van der Waals surface area (Å²) < 4.78 is 0. The molecule has 3 rings (SSSR count). The average molecular weight is 203 g/mol. The highest BCUT2D eigenvalue weighted by atomic mass is 14.0. The number of hydrogen-bond donors (Lipinski definition) is 0. The predicted molar refractivity (Wildman–Crippen MR) is 70.4 cm³/mol. The van der Waals surface area contributed by atoms with Gasteiger partial charge >= 0.3 is 0 Å². The summed E-state index contributed by atoms with van der Waals surface area (Å²) in [6.07, 6.45) is 1.83. The Morgan fingerprint density at radius 3 is 2.38 bits per heavy atom. The minimum atomic E-state index is 1.04. The Bertz CT molecular complexity index is 678. The molecule has 75 valence electrons. The molecule has 3 aromatic rings. The van der Waals surface area contributed by atoms with Crippen LogP contribution >= 0.6 is 0 Å². The molecule has 0 heterocycles. The van der Waals surface area contributed by atoms with Gasteiger partial charge in [0.1, 0.15) is 0 Å². The van der Waals surface area contributed by atoms with Gasteiger partial charge in [-0.3, -0.25) is 0 Å². The van der Waals surface area contributed by atoms with Crippen molar-refractivity contribution in [1.29, 1.82) is 0 Å². The molecule has 1 radical (unpaired) electrons. The summed E-state index contributed by atoms with van der Waals surface area (Å²) in [5.74, 6) is 0. The molecule has 3 aromatic carbocycles. The molecule has 0 saturated heterocycles. The summed E-state index contributed by atoms with van der Waals surface area (Å²) in [6.45, 7) is 3.77. The molecule has 0 atom stereocenters. The van der Waals surface area contributed by atoms with Crippen LogP contribution in [0.1, 0.15) is 5.56 Å². The van der Waals surface area contributed by atoms with Gasteiger partial charge in [0.05, 0.1) is 0 Å². The highest BCUT2D eigenvalue weighted by Gasteiger charge is 1.98. The molecule has 0 aliphatic rings. The van der Waals surface area contributed by atoms with Crippen molar-refractivity contribution in [2.24, 2.45) is 0 Å². The fraction of sp³-hybridized carbons (Fsp3) is 0. The van der Waals surface area contributed by atoms with E-state index in [-0.39, 0.29) is 0 Å². The molecule has 0 heteroatoms. The lowest BCUT2D eigenvalue weighted by Gasteiger charge is -2.02. The molecular formula is C16H11. The lowest BCUT2D eigenvalue weighted by atomic mass is 10.0. The average Bonchev–Trinajstić information content (AvgIpc) is 2.35. The van der Waals surface area contributed by atoms with E-state index < -0.39 is 0 Å². The second-order valence-corrected chi connectivity index (χ2v) is 3.90. The Kier molecular flexibility index (Phi) is 2.00. The fourth-order valence-corrected chi connectivity index (χ4v) is 2.00. The molecule has 0 aliphatic heterocycles. The molecule has 0 bridgehead atoms. The zero-order valence-electron chi connectivity index (χ0n) is 8.90. The van der Waals surface area contributed by atoms with Gasteiger partial charge in [-0.2, -0.15) is 0 Å². The molecule has 0 N–H and O–H groups in total. The van der Waals surface area contributed by atoms with E-state index in [0.717, 1.165) is 10.9 Å². The summed E-state index contributed by atoms with van der Waals surface area (Å²) in [4.78, 5) is 0. The lowest BCUT2D eigenvalue weighted by molar-refractivity contribution is 1.71. The first-order chi connectivity index (χ1) is 7.86. The van der Waals surface area contributed by atoms with E-state index in [4.69, 9.17) is 0 Å². The summed E-state index contributed by atoms with van der Waals surface area (Å²) in [5, 5.41) is 4.91. The highest BCUT2D eigenvalue weighted by molar-refractivity contribution is 5.98. The Labute approximate surface area is 94.8 Å². The van der Waals surface area contributed by atoms with Gasteiger partial charge in [0.2, 0.25) is 0 Å². The topological polar surface area (TPSA) is 0 Å². The molecule has 0 spiro atoms. The molecule has 0 amide bonds. The van der Waals surface area contributed by atoms with E-state index in [9.17, 15) is 0 Å². The van der Waals surface area contributed by atoms with Crippen molar-refractivity contribution in [3.05, 3.63) is 66.7 Å². The van der Waals surface area contributed by atoms with Crippen LogP contribution < -0.4 is 0 Å². The van der Waals surface area contributed by atoms with Crippen LogP contribution in [0.3, 0.4) is 0 Å². The van der Waals surface area contributed by atoms with Crippen LogP contribution in [0.15, 0.2) is 55.1 Å². The van der Waals surface area contributed by atoms with E-state index >= 15 is 0 Å². The van der Waals surface area contributed by atoms with Crippen LogP contribution in [-0.4, -0.2) is 0 Å². The van der Waals surface area contributed by atoms with Crippen LogP contribution in [0.5, 0.6) is 0 Å². The smallest absolute Gasteiger partial charge is 0.00206 e. The second kappa shape index (κ2) is 3.49. The zero-order valence-corrected chi connectivity index (χ0v) is 8.90. The normalized spacial score (nSPS) is 10.8. The first-order valence-corrected chi connectivity index (χ1v) is 5.34. The number of rotatable bonds is 1. The van der Waals surface area contributed by atoms with Crippen molar-refractivity contribution >= 4 is 27.6 Å². The van der Waals surface area contributed by atoms with Gasteiger partial charge in [-0.1, -0.05) is 49.1 Å². The Morgan fingerprint density at radius 1 is 0.875 bits per heavy atom. The molecule has 0 nitrogen and oxygen atoms in total. The van der Waals surface area contributed by atoms with Crippen LogP contribution in [0.4, 0.5) is 0 Å². The quantitative estimate of drug-likeness (QED) is 0.513. The summed E-state index contributed by atoms with van der Waals surface area (Å²) >= 11 is 0. The molecule has 0 saturated carbocycles. The monoisotopic (exact) mass is 203 g/mol. The largest absolute Gasteiger partial charge is 0.0984 e. The van der Waals surface area contributed by atoms with Crippen molar-refractivity contribution < 1.29 is 0 Å². The third-order valence-corrected chi connectivity index (χ3v) is 2.86. The third kappa shape index (κ3) is 1.40. The maximum Gasteiger partial charge on any atom is -0.00206 e. The first kappa shape index (κ1) is 9.17. The van der Waals surface area contributed by atoms with Gasteiger partial charge in [-0.15, -0.1) is 0 Å². The van der Waals surface area contributed by atoms with Crippen LogP contribution in [-0.2, 0) is 0 Å². The molecule has 0 aliphatic carbocycles. The Hall–Kier alpha value is -2.08. The second-order valence-electron chi connectivity index (χ2n) is 3.90. The van der Waals surface area contributed by atoms with E-state index in [1.165, 1.54) is 16.2 Å². The number of hydrogen-bond acceptors (Lipinski definition) is 0. The maximum absolute atomic E-state index is 3.77. The highest BCUT2D eigenvalue weighted by Crippen LogP contribution is 2.23. The van der Waals surface area contributed by atoms with Crippen LogP contribution in [0.2, 0.25) is 0 Å². The van der Waals surface area contributed by atoms with E-state index in [1.54, 1.807) is 0 Å². The fourth-order valence-electron chi connectivity index (χ4n) is 2.00. The van der Waals surface area contributed by atoms with Crippen molar-refractivity contribution in [2.45, 2.75) is 0 Å². The number of benzene rings is 3. The van der Waals surface area contributed by atoms with E-state index in [2.05, 4.69) is 55.1 Å². The van der Waals surface area contributed by atoms with E-state index in [1.807, 2.05) is 12.1 Å². The van der Waals surface area contributed by atoms with Crippen molar-refractivity contribution in [2.75, 3.05) is 0 Å². The first-order valence-electron chi connectivity index (χ1n) is 5.34. The van der Waals surface area contributed by atoms with Gasteiger partial charge in [0.25, 0.3) is 0 Å². The predicted octanol–water partition coefficient (Wildman–Crippen LogP) is 4.44. The van der Waals surface area contributed by atoms with Crippen molar-refractivity contribution in [3.8, 4) is 0 Å². The van der Waals surface area contributed by atoms with Crippen molar-refractivity contribution in [1.82, 2.24) is 0 Å². The minimum Gasteiger partial charge on any atom is -0.0984 e. The van der Waals surface area contributed by atoms with E-state index in [0.29, 0.717) is 0 Å². The lowest BCUT2D eigenvalue weighted by Crippen LogP contribution is -1.78. The standard InChI is InChI=1S/C16H11/c1-2-12-7-8-15-10-13-5-3-4-6-14(13)11-16(15)9-12/h2-8,10-11H,1H2. The molecule has 0 fully saturated rings.